The van der Waals surface area contributed by atoms with Crippen LogP contribution < -0.4 is 5.73 Å². The van der Waals surface area contributed by atoms with E-state index < -0.39 is 32.4 Å². The van der Waals surface area contributed by atoms with Crippen LogP contribution in [0.15, 0.2) is 53.4 Å². The molecule has 1 saturated carbocycles. The molecule has 3 atom stereocenters. The van der Waals surface area contributed by atoms with Gasteiger partial charge in [-0.05, 0) is 43.7 Å². The van der Waals surface area contributed by atoms with Crippen LogP contribution in [0.25, 0.3) is 0 Å². The van der Waals surface area contributed by atoms with E-state index in [9.17, 15) is 13.2 Å². The van der Waals surface area contributed by atoms with Gasteiger partial charge in [-0.3, -0.25) is 4.79 Å². The Hall–Kier alpha value is -1.89. The van der Waals surface area contributed by atoms with Gasteiger partial charge in [0.05, 0.1) is 16.8 Å². The van der Waals surface area contributed by atoms with Crippen molar-refractivity contribution in [1.82, 2.24) is 0 Å². The fourth-order valence-electron chi connectivity index (χ4n) is 3.74. The summed E-state index contributed by atoms with van der Waals surface area (Å²) in [5.74, 6) is -1.19. The largest absolute Gasteiger partial charge is 0.465 e. The number of aryl methyl sites for hydroxylation is 1. The molecule has 1 aliphatic rings. The van der Waals surface area contributed by atoms with Gasteiger partial charge in [0.25, 0.3) is 0 Å². The molecule has 3 rings (SSSR count). The number of ether oxygens (including phenoxy) is 1. The van der Waals surface area contributed by atoms with E-state index >= 15 is 0 Å². The quantitative estimate of drug-likeness (QED) is 0.743. The second kappa shape index (κ2) is 7.26. The number of benzene rings is 2. The van der Waals surface area contributed by atoms with E-state index in [-0.39, 0.29) is 18.0 Å². The van der Waals surface area contributed by atoms with E-state index in [0.717, 1.165) is 5.56 Å². The van der Waals surface area contributed by atoms with E-state index in [1.165, 1.54) is 0 Å². The minimum absolute atomic E-state index is 0.126. The highest BCUT2D eigenvalue weighted by Crippen LogP contribution is 2.64. The van der Waals surface area contributed by atoms with Crippen LogP contribution in [-0.4, -0.2) is 32.8 Å². The third-order valence-corrected chi connectivity index (χ3v) is 7.67. The monoisotopic (exact) mass is 407 g/mol. The lowest BCUT2D eigenvalue weighted by Crippen LogP contribution is -2.33. The first-order chi connectivity index (χ1) is 12.8. The Balaban J connectivity index is 2.12. The Labute approximate surface area is 164 Å². The van der Waals surface area contributed by atoms with Gasteiger partial charge in [0.2, 0.25) is 0 Å². The van der Waals surface area contributed by atoms with Crippen molar-refractivity contribution in [3.63, 3.8) is 0 Å². The van der Waals surface area contributed by atoms with Crippen LogP contribution >= 0.6 is 11.6 Å². The van der Waals surface area contributed by atoms with Gasteiger partial charge in [-0.1, -0.05) is 41.4 Å². The molecule has 0 spiro atoms. The van der Waals surface area contributed by atoms with Gasteiger partial charge in [0.15, 0.2) is 9.84 Å². The highest BCUT2D eigenvalue weighted by atomic mass is 35.5. The van der Waals surface area contributed by atoms with Crippen LogP contribution in [-0.2, 0) is 19.4 Å². The molecular weight excluding hydrogens is 386 g/mol. The van der Waals surface area contributed by atoms with Crippen LogP contribution in [0.2, 0.25) is 5.02 Å². The molecule has 0 amide bonds. The smallest absolute Gasteiger partial charge is 0.315 e. The van der Waals surface area contributed by atoms with E-state index in [1.54, 1.807) is 55.5 Å². The van der Waals surface area contributed by atoms with Crippen molar-refractivity contribution in [2.24, 2.45) is 11.1 Å². The predicted octanol–water partition coefficient (Wildman–Crippen LogP) is 3.10. The first-order valence-electron chi connectivity index (χ1n) is 8.72. The molecule has 2 N–H and O–H groups in total. The molecule has 0 aromatic heterocycles. The molecule has 2 aromatic rings. The third-order valence-electron chi connectivity index (χ3n) is 5.14. The normalized spacial score (nSPS) is 24.4. The summed E-state index contributed by atoms with van der Waals surface area (Å²) in [5.41, 5.74) is 6.26. The van der Waals surface area contributed by atoms with Gasteiger partial charge in [-0.2, -0.15) is 0 Å². The number of hydrogen-bond acceptors (Lipinski definition) is 5. The van der Waals surface area contributed by atoms with E-state index in [0.29, 0.717) is 10.6 Å². The number of hydrogen-bond donors (Lipinski definition) is 1. The van der Waals surface area contributed by atoms with Gasteiger partial charge in [0.1, 0.15) is 5.41 Å². The zero-order valence-corrected chi connectivity index (χ0v) is 16.8. The molecule has 0 heterocycles. The Morgan fingerprint density at radius 2 is 1.89 bits per heavy atom. The molecule has 2 aromatic carbocycles. The molecule has 7 heteroatoms. The van der Waals surface area contributed by atoms with Crippen molar-refractivity contribution in [1.29, 1.82) is 0 Å². The molecular formula is C20H22ClNO4S. The first kappa shape index (κ1) is 19.9. The van der Waals surface area contributed by atoms with E-state index in [2.05, 4.69) is 0 Å². The summed E-state index contributed by atoms with van der Waals surface area (Å²) in [6, 6.07) is 13.5. The maximum absolute atomic E-state index is 13.4. The van der Waals surface area contributed by atoms with Crippen molar-refractivity contribution in [3.05, 3.63) is 64.7 Å². The number of nitrogens with two attached hydrogens (primary N) is 1. The average Bonchev–Trinajstić information content (AvgIpc) is 3.34. The maximum Gasteiger partial charge on any atom is 0.315 e. The highest BCUT2D eigenvalue weighted by Gasteiger charge is 2.75. The molecule has 144 valence electrons. The summed E-state index contributed by atoms with van der Waals surface area (Å²) in [5, 5.41) is -0.518. The second-order valence-electron chi connectivity index (χ2n) is 6.78. The molecule has 0 aliphatic heterocycles. The number of rotatable bonds is 6. The molecule has 5 nitrogen and oxygen atoms in total. The number of carbonyl (C=O) groups excluding carboxylic acids is 1. The topological polar surface area (TPSA) is 86.5 Å². The first-order valence-corrected chi connectivity index (χ1v) is 10.6. The van der Waals surface area contributed by atoms with Crippen molar-refractivity contribution in [2.45, 2.75) is 29.9 Å². The van der Waals surface area contributed by atoms with Crippen LogP contribution in [0, 0.1) is 12.3 Å². The van der Waals surface area contributed by atoms with Crippen molar-refractivity contribution >= 4 is 27.4 Å². The molecule has 27 heavy (non-hydrogen) atoms. The van der Waals surface area contributed by atoms with Crippen LogP contribution in [0.4, 0.5) is 0 Å². The molecule has 0 unspecified atom stereocenters. The summed E-state index contributed by atoms with van der Waals surface area (Å²) in [4.78, 5) is 12.9. The van der Waals surface area contributed by atoms with Gasteiger partial charge >= 0.3 is 5.97 Å². The summed E-state index contributed by atoms with van der Waals surface area (Å²) in [6.45, 7) is 3.59. The summed E-state index contributed by atoms with van der Waals surface area (Å²) >= 11 is 6.09. The van der Waals surface area contributed by atoms with E-state index in [1.807, 2.05) is 6.92 Å². The fraction of sp³-hybridized carbons (Fsp3) is 0.350. The maximum atomic E-state index is 13.4. The predicted molar refractivity (Wildman–Crippen MR) is 104 cm³/mol. The van der Waals surface area contributed by atoms with Gasteiger partial charge < -0.3 is 10.5 Å². The summed E-state index contributed by atoms with van der Waals surface area (Å²) in [6.07, 6.45) is 0. The number of sulfone groups is 1. The van der Waals surface area contributed by atoms with Crippen molar-refractivity contribution in [3.8, 4) is 0 Å². The van der Waals surface area contributed by atoms with Gasteiger partial charge in [-0.25, -0.2) is 8.42 Å². The lowest BCUT2D eigenvalue weighted by Gasteiger charge is -2.14. The zero-order valence-electron chi connectivity index (χ0n) is 15.2. The Morgan fingerprint density at radius 1 is 1.22 bits per heavy atom. The lowest BCUT2D eigenvalue weighted by atomic mass is 9.99. The summed E-state index contributed by atoms with van der Waals surface area (Å²) < 4.78 is 31.9. The minimum atomic E-state index is -3.80. The molecule has 1 aliphatic carbocycles. The number of esters is 1. The molecule has 0 bridgehead atoms. The van der Waals surface area contributed by atoms with Gasteiger partial charge in [0, 0.05) is 17.5 Å². The standard InChI is InChI=1S/C20H22ClNO4S/c1-3-26-19(23)20(12-22)17(14-5-4-6-15(21)11-14)18(20)27(24,25)16-9-7-13(2)8-10-16/h4-11,17-18H,3,12,22H2,1-2H3/t17-,18+,20+/m1/s1. The van der Waals surface area contributed by atoms with Crippen molar-refractivity contribution < 1.29 is 17.9 Å². The van der Waals surface area contributed by atoms with Crippen LogP contribution in [0.5, 0.6) is 0 Å². The summed E-state index contributed by atoms with van der Waals surface area (Å²) in [7, 11) is -3.80. The average molecular weight is 408 g/mol. The third kappa shape index (κ3) is 3.26. The molecule has 0 saturated heterocycles. The second-order valence-corrected chi connectivity index (χ2v) is 9.28. The molecule has 0 radical (unpaired) electrons. The van der Waals surface area contributed by atoms with E-state index in [4.69, 9.17) is 22.1 Å². The minimum Gasteiger partial charge on any atom is -0.465 e. The lowest BCUT2D eigenvalue weighted by molar-refractivity contribution is -0.149. The Morgan fingerprint density at radius 3 is 2.44 bits per heavy atom. The van der Waals surface area contributed by atoms with Crippen LogP contribution in [0.3, 0.4) is 0 Å². The SMILES string of the molecule is CCOC(=O)[C@@]1(CN)[C@H](c2cccc(Cl)c2)[C@@H]1S(=O)(=O)c1ccc(C)cc1. The highest BCUT2D eigenvalue weighted by molar-refractivity contribution is 7.92. The molecule has 1 fully saturated rings. The number of halogens is 1. The number of carbonyl (C=O) groups is 1. The zero-order chi connectivity index (χ0) is 19.8. The Kier molecular flexibility index (Phi) is 5.34. The van der Waals surface area contributed by atoms with Crippen molar-refractivity contribution in [2.75, 3.05) is 13.2 Å². The fourth-order valence-corrected chi connectivity index (χ4v) is 6.32. The van der Waals surface area contributed by atoms with Gasteiger partial charge in [-0.15, -0.1) is 0 Å². The Bertz CT molecular complexity index is 958. The van der Waals surface area contributed by atoms with Crippen LogP contribution in [0.1, 0.15) is 24.0 Å².